The third kappa shape index (κ3) is 2.85. The average molecular weight is 410 g/mol. The van der Waals surface area contributed by atoms with Crippen molar-refractivity contribution in [1.29, 1.82) is 0 Å². The van der Waals surface area contributed by atoms with Gasteiger partial charge in [-0.15, -0.1) is 0 Å². The lowest BCUT2D eigenvalue weighted by Crippen LogP contribution is -2.35. The van der Waals surface area contributed by atoms with Gasteiger partial charge in [-0.25, -0.2) is 9.17 Å². The van der Waals surface area contributed by atoms with Crippen LogP contribution in [0.2, 0.25) is 0 Å². The van der Waals surface area contributed by atoms with Crippen molar-refractivity contribution in [3.63, 3.8) is 0 Å². The van der Waals surface area contributed by atoms with Crippen molar-refractivity contribution in [2.45, 2.75) is 52.1 Å². The molecule has 1 N–H and O–H groups in total. The maximum absolute atomic E-state index is 12.6. The van der Waals surface area contributed by atoms with Crippen LogP contribution >= 0.6 is 11.5 Å². The fourth-order valence-electron chi connectivity index (χ4n) is 4.23. The minimum absolute atomic E-state index is 0.0240. The highest BCUT2D eigenvalue weighted by molar-refractivity contribution is 7.03. The molecule has 7 nitrogen and oxygen atoms in total. The Labute approximate surface area is 171 Å². The zero-order chi connectivity index (χ0) is 20.5. The summed E-state index contributed by atoms with van der Waals surface area (Å²) in [5, 5.41) is 16.5. The molecule has 8 heteroatoms. The molecule has 1 atom stereocenters. The number of carboxylic acid groups (broad SMARTS) is 1. The molecule has 2 aliphatic rings. The van der Waals surface area contributed by atoms with E-state index in [0.717, 1.165) is 41.1 Å². The van der Waals surface area contributed by atoms with Gasteiger partial charge in [0.2, 0.25) is 0 Å². The van der Waals surface area contributed by atoms with Gasteiger partial charge in [-0.05, 0) is 29.8 Å². The molecule has 5 rings (SSSR count). The molecule has 3 aromatic rings. The van der Waals surface area contributed by atoms with Crippen LogP contribution in [0.5, 0.6) is 0 Å². The van der Waals surface area contributed by atoms with Crippen LogP contribution in [0, 0.1) is 5.41 Å². The Kier molecular flexibility index (Phi) is 3.87. The predicted molar refractivity (Wildman–Crippen MR) is 110 cm³/mol. The molecule has 0 unspecified atom stereocenters. The van der Waals surface area contributed by atoms with E-state index in [4.69, 9.17) is 5.10 Å². The fraction of sp³-hybridized carbons (Fsp3) is 0.429. The summed E-state index contributed by atoms with van der Waals surface area (Å²) in [6, 6.07) is 1.44. The zero-order valence-corrected chi connectivity index (χ0v) is 17.4. The summed E-state index contributed by atoms with van der Waals surface area (Å²) < 4.78 is 8.27. The Morgan fingerprint density at radius 1 is 1.31 bits per heavy atom. The lowest BCUT2D eigenvalue weighted by Gasteiger charge is -2.38. The first-order chi connectivity index (χ1) is 13.8. The molecule has 1 aliphatic carbocycles. The van der Waals surface area contributed by atoms with Gasteiger partial charge in [0.25, 0.3) is 0 Å². The first-order valence-corrected chi connectivity index (χ1v) is 10.6. The van der Waals surface area contributed by atoms with Crippen LogP contribution in [0.1, 0.15) is 61.6 Å². The molecule has 0 saturated heterocycles. The number of carbonyl (C=O) groups is 1. The molecule has 0 spiro atoms. The second-order valence-electron chi connectivity index (χ2n) is 9.01. The van der Waals surface area contributed by atoms with E-state index in [-0.39, 0.29) is 17.0 Å². The maximum atomic E-state index is 12.6. The summed E-state index contributed by atoms with van der Waals surface area (Å²) in [5.74, 6) is -0.757. The summed E-state index contributed by atoms with van der Waals surface area (Å²) in [6.45, 7) is 7.00. The van der Waals surface area contributed by atoms with Gasteiger partial charge in [-0.3, -0.25) is 9.48 Å². The van der Waals surface area contributed by atoms with Crippen molar-refractivity contribution in [3.05, 3.63) is 45.3 Å². The standard InChI is InChI=1S/C21H22N4O3S/c1-21(2,3)16-9-25-19(14-6-15(26)13(20(27)28)8-24(14)16)17(12-7-22-29-10-12)18(23-25)11-4-5-11/h6-8,10-11,16H,4-5,9H2,1-3H3,(H,27,28)/t16-/m0/s1. The monoisotopic (exact) mass is 410 g/mol. The number of pyridine rings is 1. The normalized spacial score (nSPS) is 18.4. The van der Waals surface area contributed by atoms with E-state index in [0.29, 0.717) is 12.5 Å². The van der Waals surface area contributed by atoms with Gasteiger partial charge in [0, 0.05) is 40.9 Å². The van der Waals surface area contributed by atoms with Gasteiger partial charge in [-0.2, -0.15) is 5.10 Å². The summed E-state index contributed by atoms with van der Waals surface area (Å²) in [7, 11) is 0. The lowest BCUT2D eigenvalue weighted by atomic mass is 9.84. The van der Waals surface area contributed by atoms with Crippen LogP contribution in [0.25, 0.3) is 22.5 Å². The number of nitrogens with zero attached hydrogens (tertiary/aromatic N) is 4. The van der Waals surface area contributed by atoms with Gasteiger partial charge >= 0.3 is 5.97 Å². The second-order valence-corrected chi connectivity index (χ2v) is 9.67. The number of aromatic carboxylic acids is 1. The molecule has 0 bridgehead atoms. The molecule has 1 aliphatic heterocycles. The first kappa shape index (κ1) is 18.3. The minimum atomic E-state index is -1.20. The summed E-state index contributed by atoms with van der Waals surface area (Å²) in [6.07, 6.45) is 5.60. The van der Waals surface area contributed by atoms with Gasteiger partial charge in [0.1, 0.15) is 5.56 Å². The molecule has 29 heavy (non-hydrogen) atoms. The topological polar surface area (TPSA) is 90.0 Å². The van der Waals surface area contributed by atoms with Gasteiger partial charge in [0.15, 0.2) is 5.43 Å². The Hall–Kier alpha value is -2.74. The third-order valence-corrected chi connectivity index (χ3v) is 6.48. The lowest BCUT2D eigenvalue weighted by molar-refractivity contribution is 0.0693. The molecule has 3 aromatic heterocycles. The number of hydrogen-bond acceptors (Lipinski definition) is 5. The van der Waals surface area contributed by atoms with Gasteiger partial charge in [0.05, 0.1) is 29.7 Å². The number of fused-ring (bicyclic) bond motifs is 3. The second kappa shape index (κ2) is 6.13. The Morgan fingerprint density at radius 2 is 2.07 bits per heavy atom. The largest absolute Gasteiger partial charge is 0.477 e. The molecule has 0 amide bonds. The van der Waals surface area contributed by atoms with Crippen molar-refractivity contribution in [3.8, 4) is 22.5 Å². The van der Waals surface area contributed by atoms with Crippen LogP contribution in [0.15, 0.2) is 28.6 Å². The van der Waals surface area contributed by atoms with E-state index in [2.05, 4.69) is 25.1 Å². The molecular weight excluding hydrogens is 388 g/mol. The highest BCUT2D eigenvalue weighted by Gasteiger charge is 2.39. The van der Waals surface area contributed by atoms with Crippen molar-refractivity contribution < 1.29 is 9.90 Å². The number of aromatic nitrogens is 4. The molecular formula is C21H22N4O3S. The third-order valence-electron chi connectivity index (χ3n) is 5.90. The van der Waals surface area contributed by atoms with Crippen LogP contribution in [0.3, 0.4) is 0 Å². The quantitative estimate of drug-likeness (QED) is 0.705. The zero-order valence-electron chi connectivity index (χ0n) is 16.5. The summed E-state index contributed by atoms with van der Waals surface area (Å²) in [5.41, 5.74) is 3.90. The molecule has 150 valence electrons. The van der Waals surface area contributed by atoms with E-state index in [1.165, 1.54) is 23.8 Å². The highest BCUT2D eigenvalue weighted by atomic mass is 32.1. The summed E-state index contributed by atoms with van der Waals surface area (Å²) >= 11 is 1.39. The molecule has 1 saturated carbocycles. The van der Waals surface area contributed by atoms with Gasteiger partial charge in [-0.1, -0.05) is 20.8 Å². The molecule has 0 aromatic carbocycles. The maximum Gasteiger partial charge on any atom is 0.341 e. The number of rotatable bonds is 3. The highest BCUT2D eigenvalue weighted by Crippen LogP contribution is 2.50. The van der Waals surface area contributed by atoms with Crippen LogP contribution in [-0.2, 0) is 6.54 Å². The molecule has 1 fully saturated rings. The van der Waals surface area contributed by atoms with Crippen LogP contribution in [-0.4, -0.2) is 29.8 Å². The van der Waals surface area contributed by atoms with Crippen LogP contribution < -0.4 is 5.43 Å². The van der Waals surface area contributed by atoms with Crippen molar-refractivity contribution in [2.24, 2.45) is 5.41 Å². The number of carboxylic acids is 1. The Balaban J connectivity index is 1.83. The minimum Gasteiger partial charge on any atom is -0.477 e. The van der Waals surface area contributed by atoms with Crippen molar-refractivity contribution in [2.75, 3.05) is 0 Å². The van der Waals surface area contributed by atoms with E-state index in [1.54, 1.807) is 0 Å². The van der Waals surface area contributed by atoms with E-state index in [1.807, 2.05) is 20.8 Å². The van der Waals surface area contributed by atoms with Gasteiger partial charge < -0.3 is 9.67 Å². The number of hydrogen-bond donors (Lipinski definition) is 1. The molecule has 0 radical (unpaired) electrons. The summed E-state index contributed by atoms with van der Waals surface area (Å²) in [4.78, 5) is 24.2. The predicted octanol–water partition coefficient (Wildman–Crippen LogP) is 4.01. The average Bonchev–Trinajstić information content (AvgIpc) is 3.20. The fourth-order valence-corrected chi connectivity index (χ4v) is 4.76. The smallest absolute Gasteiger partial charge is 0.341 e. The Bertz CT molecular complexity index is 1180. The van der Waals surface area contributed by atoms with E-state index in [9.17, 15) is 14.7 Å². The SMILES string of the molecule is CC(C)(C)[C@@H]1Cn2nc(C3CC3)c(-c3cnsc3)c2-c2cc(=O)c(C(=O)O)cn21. The first-order valence-electron chi connectivity index (χ1n) is 9.76. The van der Waals surface area contributed by atoms with E-state index >= 15 is 0 Å². The van der Waals surface area contributed by atoms with Crippen molar-refractivity contribution >= 4 is 17.5 Å². The van der Waals surface area contributed by atoms with E-state index < -0.39 is 11.4 Å². The molecule has 4 heterocycles. The van der Waals surface area contributed by atoms with Crippen molar-refractivity contribution in [1.82, 2.24) is 18.7 Å². The Morgan fingerprint density at radius 3 is 2.66 bits per heavy atom. The van der Waals surface area contributed by atoms with Crippen LogP contribution in [0.4, 0.5) is 0 Å².